The van der Waals surface area contributed by atoms with Gasteiger partial charge in [0, 0.05) is 16.3 Å². The molecule has 0 unspecified atom stereocenters. The summed E-state index contributed by atoms with van der Waals surface area (Å²) in [6, 6.07) is 15.5. The van der Waals surface area contributed by atoms with Gasteiger partial charge < -0.3 is 0 Å². The molecular weight excluding hydrogens is 330 g/mol. The standard InChI is InChI=1S/C17H14ClN3OS/c18-12-7-5-11(6-8-12)10-21-16(22)9-15-17(20-21)19-13-3-1-2-4-14(13)23-15/h1-8,15H,9-10H2,(H,19,20)/t15-/m1/s1. The molecule has 0 bridgehead atoms. The maximum absolute atomic E-state index is 12.4. The zero-order chi connectivity index (χ0) is 15.8. The highest BCUT2D eigenvalue weighted by atomic mass is 35.5. The zero-order valence-electron chi connectivity index (χ0n) is 12.2. The Morgan fingerprint density at radius 3 is 2.83 bits per heavy atom. The molecule has 2 aliphatic heterocycles. The number of thioether (sulfide) groups is 1. The fourth-order valence-electron chi connectivity index (χ4n) is 2.66. The second-order valence-corrected chi connectivity index (χ2v) is 7.17. The summed E-state index contributed by atoms with van der Waals surface area (Å²) >= 11 is 7.60. The molecular formula is C17H14ClN3OS. The van der Waals surface area contributed by atoms with Crippen molar-refractivity contribution in [3.63, 3.8) is 0 Å². The van der Waals surface area contributed by atoms with Crippen molar-refractivity contribution >= 4 is 40.8 Å². The van der Waals surface area contributed by atoms with Crippen LogP contribution in [0, 0.1) is 0 Å². The van der Waals surface area contributed by atoms with E-state index in [9.17, 15) is 4.79 Å². The smallest absolute Gasteiger partial charge is 0.242 e. The Labute approximate surface area is 143 Å². The normalized spacial score (nSPS) is 19.5. The SMILES string of the molecule is O=C1C[C@H]2Sc3ccccc3N=C2NN1Cc1ccc(Cl)cc1. The van der Waals surface area contributed by atoms with E-state index < -0.39 is 0 Å². The van der Waals surface area contributed by atoms with Crippen LogP contribution in [0.15, 0.2) is 58.4 Å². The molecule has 6 heteroatoms. The number of aliphatic imine (C=N–C) groups is 1. The summed E-state index contributed by atoms with van der Waals surface area (Å²) in [7, 11) is 0. The Kier molecular flexibility index (Phi) is 3.75. The van der Waals surface area contributed by atoms with E-state index >= 15 is 0 Å². The molecule has 4 nitrogen and oxygen atoms in total. The Bertz CT molecular complexity index is 791. The first kappa shape index (κ1) is 14.6. The first-order chi connectivity index (χ1) is 11.2. The van der Waals surface area contributed by atoms with Crippen molar-refractivity contribution in [2.45, 2.75) is 23.1 Å². The molecule has 1 atom stereocenters. The Balaban J connectivity index is 1.57. The Morgan fingerprint density at radius 2 is 2.00 bits per heavy atom. The van der Waals surface area contributed by atoms with Crippen molar-refractivity contribution in [1.29, 1.82) is 0 Å². The van der Waals surface area contributed by atoms with Crippen LogP contribution in [0.4, 0.5) is 5.69 Å². The highest BCUT2D eigenvalue weighted by Crippen LogP contribution is 2.39. The average molecular weight is 344 g/mol. The van der Waals surface area contributed by atoms with Gasteiger partial charge in [0.1, 0.15) is 5.84 Å². The minimum atomic E-state index is 0.0684. The number of halogens is 1. The molecule has 1 amide bonds. The number of rotatable bonds is 2. The summed E-state index contributed by atoms with van der Waals surface area (Å²) in [6.07, 6.45) is 0.457. The molecule has 0 saturated carbocycles. The van der Waals surface area contributed by atoms with E-state index in [4.69, 9.17) is 11.6 Å². The Hall–Kier alpha value is -1.98. The first-order valence-corrected chi connectivity index (χ1v) is 8.60. The van der Waals surface area contributed by atoms with Gasteiger partial charge in [0.25, 0.3) is 0 Å². The number of amides is 1. The van der Waals surface area contributed by atoms with Gasteiger partial charge in [0.15, 0.2) is 0 Å². The molecule has 0 aromatic heterocycles. The molecule has 116 valence electrons. The lowest BCUT2D eigenvalue weighted by atomic mass is 10.1. The minimum absolute atomic E-state index is 0.0684. The highest BCUT2D eigenvalue weighted by molar-refractivity contribution is 8.01. The van der Waals surface area contributed by atoms with Gasteiger partial charge in [0.05, 0.1) is 17.5 Å². The zero-order valence-corrected chi connectivity index (χ0v) is 13.8. The number of benzene rings is 2. The van der Waals surface area contributed by atoms with Crippen molar-refractivity contribution < 1.29 is 4.79 Å². The molecule has 0 spiro atoms. The van der Waals surface area contributed by atoms with Gasteiger partial charge in [-0.2, -0.15) is 0 Å². The Morgan fingerprint density at radius 1 is 1.22 bits per heavy atom. The van der Waals surface area contributed by atoms with Crippen LogP contribution in [0.3, 0.4) is 0 Å². The van der Waals surface area contributed by atoms with Crippen LogP contribution in [-0.2, 0) is 11.3 Å². The van der Waals surface area contributed by atoms with Crippen LogP contribution < -0.4 is 5.43 Å². The second kappa shape index (κ2) is 5.91. The number of nitrogens with zero attached hydrogens (tertiary/aromatic N) is 2. The lowest BCUT2D eigenvalue weighted by Crippen LogP contribution is -2.55. The van der Waals surface area contributed by atoms with Gasteiger partial charge in [-0.05, 0) is 29.8 Å². The van der Waals surface area contributed by atoms with Crippen molar-refractivity contribution in [2.24, 2.45) is 4.99 Å². The molecule has 2 aromatic carbocycles. The van der Waals surface area contributed by atoms with Crippen molar-refractivity contribution in [1.82, 2.24) is 10.4 Å². The molecule has 1 fully saturated rings. The predicted octanol–water partition coefficient (Wildman–Crippen LogP) is 3.78. The van der Waals surface area contributed by atoms with Crippen LogP contribution in [0.1, 0.15) is 12.0 Å². The van der Waals surface area contributed by atoms with Gasteiger partial charge in [-0.3, -0.25) is 15.2 Å². The molecule has 0 radical (unpaired) electrons. The molecule has 2 aromatic rings. The van der Waals surface area contributed by atoms with E-state index in [0.29, 0.717) is 18.0 Å². The summed E-state index contributed by atoms with van der Waals surface area (Å²) < 4.78 is 0. The number of hydrogen-bond donors (Lipinski definition) is 1. The third-order valence-electron chi connectivity index (χ3n) is 3.84. The average Bonchev–Trinajstić information content (AvgIpc) is 2.56. The maximum atomic E-state index is 12.4. The lowest BCUT2D eigenvalue weighted by molar-refractivity contribution is -0.134. The van der Waals surface area contributed by atoms with E-state index in [2.05, 4.69) is 10.4 Å². The number of fused-ring (bicyclic) bond motifs is 2. The molecule has 0 aliphatic carbocycles. The van der Waals surface area contributed by atoms with Crippen LogP contribution in [0.25, 0.3) is 0 Å². The summed E-state index contributed by atoms with van der Waals surface area (Å²) in [5, 5.41) is 2.39. The van der Waals surface area contributed by atoms with Crippen molar-refractivity contribution in [3.05, 3.63) is 59.1 Å². The quantitative estimate of drug-likeness (QED) is 0.902. The first-order valence-electron chi connectivity index (χ1n) is 7.35. The lowest BCUT2D eigenvalue weighted by Gasteiger charge is -2.36. The molecule has 23 heavy (non-hydrogen) atoms. The number of nitrogens with one attached hydrogen (secondary N) is 1. The molecule has 2 heterocycles. The summed E-state index contributed by atoms with van der Waals surface area (Å²) in [4.78, 5) is 18.2. The van der Waals surface area contributed by atoms with Crippen LogP contribution in [0.2, 0.25) is 5.02 Å². The van der Waals surface area contributed by atoms with Crippen molar-refractivity contribution in [2.75, 3.05) is 0 Å². The molecule has 1 N–H and O–H groups in total. The van der Waals surface area contributed by atoms with E-state index in [0.717, 1.165) is 22.0 Å². The number of carbonyl (C=O) groups excluding carboxylic acids is 1. The van der Waals surface area contributed by atoms with Gasteiger partial charge in [-0.1, -0.05) is 35.9 Å². The summed E-state index contributed by atoms with van der Waals surface area (Å²) in [5.74, 6) is 0.929. The van der Waals surface area contributed by atoms with Gasteiger partial charge in [-0.25, -0.2) is 4.99 Å². The maximum Gasteiger partial charge on any atom is 0.242 e. The molecule has 4 rings (SSSR count). The van der Waals surface area contributed by atoms with Gasteiger partial charge in [-0.15, -0.1) is 11.8 Å². The monoisotopic (exact) mass is 343 g/mol. The fraction of sp³-hybridized carbons (Fsp3) is 0.176. The van der Waals surface area contributed by atoms with Crippen molar-refractivity contribution in [3.8, 4) is 0 Å². The highest BCUT2D eigenvalue weighted by Gasteiger charge is 2.34. The van der Waals surface area contributed by atoms with E-state index in [1.165, 1.54) is 0 Å². The fourth-order valence-corrected chi connectivity index (χ4v) is 3.93. The van der Waals surface area contributed by atoms with E-state index in [1.54, 1.807) is 16.8 Å². The van der Waals surface area contributed by atoms with Gasteiger partial charge >= 0.3 is 0 Å². The largest absolute Gasteiger partial charge is 0.282 e. The third-order valence-corrected chi connectivity index (χ3v) is 5.37. The number of hydrogen-bond acceptors (Lipinski definition) is 4. The third kappa shape index (κ3) is 2.94. The molecule has 1 saturated heterocycles. The summed E-state index contributed by atoms with van der Waals surface area (Å²) in [5.41, 5.74) is 5.17. The predicted molar refractivity (Wildman–Crippen MR) is 92.9 cm³/mol. The van der Waals surface area contributed by atoms with Gasteiger partial charge in [0.2, 0.25) is 5.91 Å². The van der Waals surface area contributed by atoms with Crippen LogP contribution in [0.5, 0.6) is 0 Å². The van der Waals surface area contributed by atoms with E-state index in [-0.39, 0.29) is 11.2 Å². The topological polar surface area (TPSA) is 44.7 Å². The number of carbonyl (C=O) groups is 1. The van der Waals surface area contributed by atoms with Crippen LogP contribution in [-0.4, -0.2) is 22.0 Å². The van der Waals surface area contributed by atoms with E-state index in [1.807, 2.05) is 48.5 Å². The summed E-state index contributed by atoms with van der Waals surface area (Å²) in [6.45, 7) is 0.494. The minimum Gasteiger partial charge on any atom is -0.282 e. The number of amidine groups is 1. The molecule has 2 aliphatic rings. The second-order valence-electron chi connectivity index (χ2n) is 5.49. The van der Waals surface area contributed by atoms with Crippen LogP contribution >= 0.6 is 23.4 Å². The number of para-hydroxylation sites is 1. The number of hydrazine groups is 1.